The third-order valence-corrected chi connectivity index (χ3v) is 5.91. The molecule has 4 atom stereocenters. The van der Waals surface area contributed by atoms with Crippen LogP contribution in [-0.2, 0) is 14.4 Å². The lowest BCUT2D eigenvalue weighted by atomic mass is 9.85. The van der Waals surface area contributed by atoms with Gasteiger partial charge in [0, 0.05) is 19.3 Å². The SMILES string of the molecule is O=C(CN1C(=O)[C@@H]2[C@@H](C1=O)[C@H]1C=C[C@H]2C1)NCCNc1ncc(Cl)cc1Cl. The van der Waals surface area contributed by atoms with Crippen LogP contribution in [0.4, 0.5) is 5.82 Å². The molecule has 2 bridgehead atoms. The van der Waals surface area contributed by atoms with Gasteiger partial charge in [-0.05, 0) is 24.3 Å². The van der Waals surface area contributed by atoms with Crippen LogP contribution in [0.2, 0.25) is 10.0 Å². The molecule has 2 aliphatic carbocycles. The van der Waals surface area contributed by atoms with Gasteiger partial charge in [-0.15, -0.1) is 0 Å². The van der Waals surface area contributed by atoms with Crippen LogP contribution in [0.15, 0.2) is 24.4 Å². The van der Waals surface area contributed by atoms with Gasteiger partial charge in [0.1, 0.15) is 12.4 Å². The second-order valence-corrected chi connectivity index (χ2v) is 7.87. The fraction of sp³-hybridized carbons (Fsp3) is 0.444. The van der Waals surface area contributed by atoms with Crippen molar-refractivity contribution in [2.75, 3.05) is 25.0 Å². The van der Waals surface area contributed by atoms with Gasteiger partial charge in [-0.3, -0.25) is 19.3 Å². The summed E-state index contributed by atoms with van der Waals surface area (Å²) in [4.78, 5) is 42.4. The lowest BCUT2D eigenvalue weighted by molar-refractivity contribution is -0.144. The summed E-state index contributed by atoms with van der Waals surface area (Å²) in [6, 6.07) is 1.57. The van der Waals surface area contributed by atoms with Crippen LogP contribution in [0, 0.1) is 23.7 Å². The molecule has 27 heavy (non-hydrogen) atoms. The number of likely N-dealkylation sites (tertiary alicyclic amines) is 1. The first-order chi connectivity index (χ1) is 13.0. The van der Waals surface area contributed by atoms with Crippen LogP contribution < -0.4 is 10.6 Å². The Morgan fingerprint density at radius 3 is 2.44 bits per heavy atom. The van der Waals surface area contributed by atoms with Crippen LogP contribution in [0.1, 0.15) is 6.42 Å². The van der Waals surface area contributed by atoms with Gasteiger partial charge in [-0.2, -0.15) is 0 Å². The van der Waals surface area contributed by atoms with Gasteiger partial charge >= 0.3 is 0 Å². The third-order valence-electron chi connectivity index (χ3n) is 5.41. The standard InChI is InChI=1S/C18H18Cl2N4O3/c19-11-6-12(20)16(23-7-11)22-4-3-21-13(25)8-24-17(26)14-9-1-2-10(5-9)15(14)18(24)27/h1-2,6-7,9-10,14-15H,3-5,8H2,(H,21,25)(H,22,23)/t9-,10-,14-,15-/m0/s1. The lowest BCUT2D eigenvalue weighted by Crippen LogP contribution is -2.42. The molecule has 1 saturated carbocycles. The predicted molar refractivity (Wildman–Crippen MR) is 100 cm³/mol. The molecule has 3 amide bonds. The third kappa shape index (κ3) is 3.30. The molecule has 1 aromatic heterocycles. The zero-order valence-corrected chi connectivity index (χ0v) is 15.8. The summed E-state index contributed by atoms with van der Waals surface area (Å²) in [6.07, 6.45) is 6.40. The highest BCUT2D eigenvalue weighted by molar-refractivity contribution is 6.35. The first-order valence-corrected chi connectivity index (χ1v) is 9.56. The van der Waals surface area contributed by atoms with Crippen molar-refractivity contribution in [1.29, 1.82) is 0 Å². The van der Waals surface area contributed by atoms with Crippen molar-refractivity contribution in [3.8, 4) is 0 Å². The highest BCUT2D eigenvalue weighted by Crippen LogP contribution is 2.52. The molecule has 1 aromatic rings. The Labute approximate surface area is 166 Å². The van der Waals surface area contributed by atoms with Gasteiger partial charge in [0.15, 0.2) is 0 Å². The van der Waals surface area contributed by atoms with Crippen molar-refractivity contribution < 1.29 is 14.4 Å². The molecule has 2 N–H and O–H groups in total. The Morgan fingerprint density at radius 2 is 1.81 bits per heavy atom. The second-order valence-electron chi connectivity index (χ2n) is 7.02. The van der Waals surface area contributed by atoms with Crippen molar-refractivity contribution >= 4 is 46.7 Å². The van der Waals surface area contributed by atoms with Gasteiger partial charge in [0.25, 0.3) is 0 Å². The maximum absolute atomic E-state index is 12.5. The van der Waals surface area contributed by atoms with E-state index in [0.29, 0.717) is 29.0 Å². The van der Waals surface area contributed by atoms with E-state index in [-0.39, 0.29) is 47.9 Å². The number of nitrogens with zero attached hydrogens (tertiary/aromatic N) is 2. The number of pyridine rings is 1. The van der Waals surface area contributed by atoms with Crippen molar-refractivity contribution in [3.63, 3.8) is 0 Å². The molecule has 0 radical (unpaired) electrons. The zero-order valence-electron chi connectivity index (χ0n) is 14.3. The number of rotatable bonds is 6. The van der Waals surface area contributed by atoms with Gasteiger partial charge in [-0.25, -0.2) is 4.98 Å². The van der Waals surface area contributed by atoms with Gasteiger partial charge < -0.3 is 10.6 Å². The number of carbonyl (C=O) groups is 3. The Morgan fingerprint density at radius 1 is 1.15 bits per heavy atom. The van der Waals surface area contributed by atoms with Crippen molar-refractivity contribution in [3.05, 3.63) is 34.5 Å². The maximum Gasteiger partial charge on any atom is 0.240 e. The summed E-state index contributed by atoms with van der Waals surface area (Å²) in [7, 11) is 0. The summed E-state index contributed by atoms with van der Waals surface area (Å²) in [6.45, 7) is 0.459. The second kappa shape index (κ2) is 7.13. The van der Waals surface area contributed by atoms with Crippen LogP contribution in [0.5, 0.6) is 0 Å². The average Bonchev–Trinajstić information content (AvgIpc) is 3.30. The first-order valence-electron chi connectivity index (χ1n) is 8.81. The molecular formula is C18H18Cl2N4O3. The number of hydrogen-bond acceptors (Lipinski definition) is 5. The fourth-order valence-electron chi connectivity index (χ4n) is 4.25. The minimum Gasteiger partial charge on any atom is -0.367 e. The van der Waals surface area contributed by atoms with E-state index in [9.17, 15) is 14.4 Å². The average molecular weight is 409 g/mol. The molecule has 2 fully saturated rings. The molecule has 3 aliphatic rings. The summed E-state index contributed by atoms with van der Waals surface area (Å²) in [5.41, 5.74) is 0. The fourth-order valence-corrected chi connectivity index (χ4v) is 4.69. The van der Waals surface area contributed by atoms with E-state index in [1.54, 1.807) is 6.07 Å². The molecule has 4 rings (SSSR count). The maximum atomic E-state index is 12.5. The van der Waals surface area contributed by atoms with Crippen LogP contribution in [0.25, 0.3) is 0 Å². The number of hydrogen-bond donors (Lipinski definition) is 2. The molecule has 0 spiro atoms. The predicted octanol–water partition coefficient (Wildman–Crippen LogP) is 1.72. The Balaban J connectivity index is 1.25. The minimum atomic E-state index is -0.367. The molecule has 1 aliphatic heterocycles. The van der Waals surface area contributed by atoms with Gasteiger partial charge in [0.05, 0.1) is 21.9 Å². The Kier molecular flexibility index (Phi) is 4.82. The van der Waals surface area contributed by atoms with E-state index in [1.807, 2.05) is 12.2 Å². The molecule has 1 saturated heterocycles. The van der Waals surface area contributed by atoms with Crippen LogP contribution in [0.3, 0.4) is 0 Å². The number of halogens is 2. The van der Waals surface area contributed by atoms with Gasteiger partial charge in [0.2, 0.25) is 17.7 Å². The summed E-state index contributed by atoms with van der Waals surface area (Å²) >= 11 is 11.8. The van der Waals surface area contributed by atoms with E-state index < -0.39 is 0 Å². The van der Waals surface area contributed by atoms with E-state index in [2.05, 4.69) is 15.6 Å². The zero-order chi connectivity index (χ0) is 19.1. The quantitative estimate of drug-likeness (QED) is 0.424. The first kappa shape index (κ1) is 18.3. The highest BCUT2D eigenvalue weighted by atomic mass is 35.5. The number of anilines is 1. The molecule has 9 heteroatoms. The lowest BCUT2D eigenvalue weighted by Gasteiger charge is -2.17. The van der Waals surface area contributed by atoms with Gasteiger partial charge in [-0.1, -0.05) is 35.4 Å². The Hall–Kier alpha value is -2.12. The van der Waals surface area contributed by atoms with E-state index in [1.165, 1.54) is 6.20 Å². The number of nitrogens with one attached hydrogen (secondary N) is 2. The number of aromatic nitrogens is 1. The molecule has 142 valence electrons. The smallest absolute Gasteiger partial charge is 0.240 e. The van der Waals surface area contributed by atoms with E-state index in [0.717, 1.165) is 11.3 Å². The van der Waals surface area contributed by atoms with E-state index >= 15 is 0 Å². The molecule has 0 unspecified atom stereocenters. The summed E-state index contributed by atoms with van der Waals surface area (Å²) < 4.78 is 0. The number of imide groups is 1. The monoisotopic (exact) mass is 408 g/mol. The topological polar surface area (TPSA) is 91.4 Å². The van der Waals surface area contributed by atoms with Crippen molar-refractivity contribution in [2.45, 2.75) is 6.42 Å². The highest BCUT2D eigenvalue weighted by Gasteiger charge is 2.59. The summed E-state index contributed by atoms with van der Waals surface area (Å²) in [5, 5.41) is 6.51. The summed E-state index contributed by atoms with van der Waals surface area (Å²) in [5.74, 6) is -0.597. The molecule has 7 nitrogen and oxygen atoms in total. The largest absolute Gasteiger partial charge is 0.367 e. The number of carbonyl (C=O) groups excluding carboxylic acids is 3. The number of fused-ring (bicyclic) bond motifs is 5. The normalized spacial score (nSPS) is 28.0. The molecular weight excluding hydrogens is 391 g/mol. The van der Waals surface area contributed by atoms with Crippen molar-refractivity contribution in [1.82, 2.24) is 15.2 Å². The van der Waals surface area contributed by atoms with Crippen LogP contribution in [-0.4, -0.2) is 47.2 Å². The van der Waals surface area contributed by atoms with E-state index in [4.69, 9.17) is 23.2 Å². The molecule has 0 aromatic carbocycles. The number of amides is 3. The molecule has 2 heterocycles. The number of allylic oxidation sites excluding steroid dienone is 2. The van der Waals surface area contributed by atoms with Crippen LogP contribution >= 0.6 is 23.2 Å². The Bertz CT molecular complexity index is 814. The van der Waals surface area contributed by atoms with Crippen molar-refractivity contribution in [2.24, 2.45) is 23.7 Å². The minimum absolute atomic E-state index is 0.144.